The first-order valence-electron chi connectivity index (χ1n) is 16.5. The van der Waals surface area contributed by atoms with E-state index >= 15 is 0 Å². The van der Waals surface area contributed by atoms with E-state index in [9.17, 15) is 15.2 Å². The highest BCUT2D eigenvalue weighted by molar-refractivity contribution is 5.80. The lowest BCUT2D eigenvalue weighted by Crippen LogP contribution is -2.45. The molecule has 0 unspecified atom stereocenters. The highest BCUT2D eigenvalue weighted by Crippen LogP contribution is 2.39. The zero-order chi connectivity index (χ0) is 34.2. The van der Waals surface area contributed by atoms with Gasteiger partial charge in [-0.05, 0) is 84.2 Å². The molecule has 10 nitrogen and oxygen atoms in total. The number of aromatic nitrogens is 3. The molecule has 10 heteroatoms. The average Bonchev–Trinajstić information content (AvgIpc) is 3.46. The molecule has 48 heavy (non-hydrogen) atoms. The first kappa shape index (κ1) is 33.2. The van der Waals surface area contributed by atoms with Crippen molar-refractivity contribution in [3.8, 4) is 34.2 Å². The molecule has 3 aliphatic rings. The van der Waals surface area contributed by atoms with Gasteiger partial charge in [0.2, 0.25) is 0 Å². The number of aliphatic carboxylic acids is 1. The number of carboxylic acids is 1. The first-order chi connectivity index (χ1) is 22.8. The number of hydrogen-bond acceptors (Lipinski definition) is 8. The minimum absolute atomic E-state index is 0.0993. The molecule has 6 bridgehead atoms. The van der Waals surface area contributed by atoms with E-state index in [4.69, 9.17) is 24.3 Å². The van der Waals surface area contributed by atoms with Crippen LogP contribution in [0, 0.1) is 18.3 Å². The highest BCUT2D eigenvalue weighted by atomic mass is 16.5. The number of carboxylic acid groups (broad SMARTS) is 1. The maximum atomic E-state index is 12.8. The molecule has 7 rings (SSSR count). The normalized spacial score (nSPS) is 21.3. The maximum absolute atomic E-state index is 12.8. The van der Waals surface area contributed by atoms with Gasteiger partial charge in [0.05, 0.1) is 46.8 Å². The van der Waals surface area contributed by atoms with Crippen LogP contribution in [0.2, 0.25) is 0 Å². The van der Waals surface area contributed by atoms with Gasteiger partial charge in [-0.25, -0.2) is 9.78 Å². The molecule has 0 aliphatic carbocycles. The predicted octanol–water partition coefficient (Wildman–Crippen LogP) is 7.29. The van der Waals surface area contributed by atoms with E-state index < -0.39 is 17.7 Å². The van der Waals surface area contributed by atoms with Gasteiger partial charge in [-0.2, -0.15) is 14.9 Å². The third kappa shape index (κ3) is 6.93. The van der Waals surface area contributed by atoms with Crippen LogP contribution in [0.5, 0.6) is 5.75 Å². The molecule has 0 amide bonds. The Kier molecular flexibility index (Phi) is 9.03. The van der Waals surface area contributed by atoms with E-state index in [1.165, 1.54) is 0 Å². The maximum Gasteiger partial charge on any atom is 0.337 e. The van der Waals surface area contributed by atoms with Crippen LogP contribution in [0.15, 0.2) is 60.7 Å². The largest absolute Gasteiger partial charge is 0.490 e. The number of piperidine rings is 1. The summed E-state index contributed by atoms with van der Waals surface area (Å²) < 4.78 is 20.8. The summed E-state index contributed by atoms with van der Waals surface area (Å²) in [5.74, 6) is 0.272. The summed E-state index contributed by atoms with van der Waals surface area (Å²) in [5.41, 5.74) is 4.38. The van der Waals surface area contributed by atoms with E-state index in [0.29, 0.717) is 65.8 Å². The van der Waals surface area contributed by atoms with Gasteiger partial charge in [0.25, 0.3) is 0 Å². The Morgan fingerprint density at radius 3 is 2.58 bits per heavy atom. The minimum Gasteiger partial charge on any atom is -0.490 e. The fraction of sp³-hybridized carbons (Fsp3) is 0.421. The molecule has 2 atom stereocenters. The van der Waals surface area contributed by atoms with Crippen LogP contribution in [-0.4, -0.2) is 62.7 Å². The average molecular weight is 650 g/mol. The molecule has 1 fully saturated rings. The van der Waals surface area contributed by atoms with Crippen LogP contribution in [0.1, 0.15) is 76.8 Å². The second-order valence-corrected chi connectivity index (χ2v) is 14.0. The molecule has 2 aromatic heterocycles. The number of anilines is 1. The van der Waals surface area contributed by atoms with Gasteiger partial charge in [0.1, 0.15) is 11.6 Å². The summed E-state index contributed by atoms with van der Waals surface area (Å²) in [7, 11) is 0. The van der Waals surface area contributed by atoms with Crippen molar-refractivity contribution in [3.05, 3.63) is 77.5 Å². The van der Waals surface area contributed by atoms with Crippen molar-refractivity contribution in [3.63, 3.8) is 0 Å². The van der Waals surface area contributed by atoms with Crippen molar-refractivity contribution in [2.45, 2.75) is 84.2 Å². The van der Waals surface area contributed by atoms with Crippen LogP contribution >= 0.6 is 0 Å². The number of carbonyl (C=O) groups is 1. The van der Waals surface area contributed by atoms with E-state index in [-0.39, 0.29) is 11.7 Å². The van der Waals surface area contributed by atoms with Crippen LogP contribution in [0.25, 0.3) is 28.0 Å². The quantitative estimate of drug-likeness (QED) is 0.228. The van der Waals surface area contributed by atoms with E-state index in [1.807, 2.05) is 83.2 Å². The van der Waals surface area contributed by atoms with Crippen molar-refractivity contribution in [2.24, 2.45) is 0 Å². The number of fused-ring (bicyclic) bond motifs is 7. The van der Waals surface area contributed by atoms with Gasteiger partial charge in [0, 0.05) is 42.4 Å². The molecule has 0 spiro atoms. The van der Waals surface area contributed by atoms with Crippen molar-refractivity contribution < 1.29 is 24.1 Å². The number of nitrogens with zero attached hydrogens (tertiary/aromatic N) is 5. The molecule has 2 aromatic carbocycles. The zero-order valence-electron chi connectivity index (χ0n) is 28.5. The second-order valence-electron chi connectivity index (χ2n) is 14.0. The molecule has 0 radical (unpaired) electrons. The fourth-order valence-corrected chi connectivity index (χ4v) is 6.43. The van der Waals surface area contributed by atoms with E-state index in [0.717, 1.165) is 29.5 Å². The van der Waals surface area contributed by atoms with Gasteiger partial charge in [-0.1, -0.05) is 30.4 Å². The number of aryl methyl sites for hydroxylation is 1. The number of rotatable bonds is 3. The lowest BCUT2D eigenvalue weighted by atomic mass is 9.92. The van der Waals surface area contributed by atoms with Crippen molar-refractivity contribution in [1.82, 2.24) is 14.6 Å². The summed E-state index contributed by atoms with van der Waals surface area (Å²) in [6.07, 6.45) is 4.98. The smallest absolute Gasteiger partial charge is 0.337 e. The summed E-state index contributed by atoms with van der Waals surface area (Å²) in [4.78, 5) is 19.9. The fourth-order valence-electron chi connectivity index (χ4n) is 6.43. The Labute approximate surface area is 281 Å². The van der Waals surface area contributed by atoms with Crippen molar-refractivity contribution in [1.29, 1.82) is 5.26 Å². The standard InChI is InChI=1S/C38H43N5O5/c1-24-10-7-8-19-46-38(6)15-17-42(18-16-38)35-33(34(36(44)45)48-37(3,4)5)25(2)40-32-22-30(41-43(32)35)28-12-9-11-27(21-28)29-20-26(23-39)13-14-31(29)47-24/h7-9,11-14,20-22,24,34H,10,15-19H2,1-6H3,(H,44,45)/b8-7-/t24-,34-/m0/s1. The third-order valence-corrected chi connectivity index (χ3v) is 8.95. The lowest BCUT2D eigenvalue weighted by molar-refractivity contribution is -0.160. The Balaban J connectivity index is 1.55. The summed E-state index contributed by atoms with van der Waals surface area (Å²) in [6, 6.07) is 17.6. The molecule has 1 saturated heterocycles. The molecule has 5 heterocycles. The molecular formula is C38H43N5O5. The Morgan fingerprint density at radius 1 is 1.12 bits per heavy atom. The molecular weight excluding hydrogens is 606 g/mol. The number of benzene rings is 2. The molecule has 0 saturated carbocycles. The number of nitriles is 1. The molecule has 4 aromatic rings. The molecule has 1 N–H and O–H groups in total. The first-order valence-corrected chi connectivity index (χ1v) is 16.5. The van der Waals surface area contributed by atoms with Gasteiger partial charge in [-0.3, -0.25) is 0 Å². The van der Waals surface area contributed by atoms with Gasteiger partial charge < -0.3 is 24.2 Å². The van der Waals surface area contributed by atoms with Crippen LogP contribution < -0.4 is 9.64 Å². The summed E-state index contributed by atoms with van der Waals surface area (Å²) in [6.45, 7) is 13.3. The van der Waals surface area contributed by atoms with Crippen LogP contribution in [-0.2, 0) is 14.3 Å². The number of ether oxygens (including phenoxy) is 3. The Bertz CT molecular complexity index is 1910. The van der Waals surface area contributed by atoms with Crippen LogP contribution in [0.3, 0.4) is 0 Å². The molecule has 3 aliphatic heterocycles. The second kappa shape index (κ2) is 13.1. The lowest BCUT2D eigenvalue weighted by Gasteiger charge is -2.41. The Hall–Kier alpha value is -4.72. The van der Waals surface area contributed by atoms with Crippen LogP contribution in [0.4, 0.5) is 5.82 Å². The third-order valence-electron chi connectivity index (χ3n) is 8.95. The number of hydrogen-bond donors (Lipinski definition) is 1. The van der Waals surface area contributed by atoms with E-state index in [2.05, 4.69) is 24.0 Å². The van der Waals surface area contributed by atoms with Gasteiger partial charge in [-0.15, -0.1) is 0 Å². The molecule has 250 valence electrons. The van der Waals surface area contributed by atoms with Gasteiger partial charge >= 0.3 is 5.97 Å². The van der Waals surface area contributed by atoms with Crippen molar-refractivity contribution in [2.75, 3.05) is 24.6 Å². The summed E-state index contributed by atoms with van der Waals surface area (Å²) in [5, 5.41) is 25.2. The van der Waals surface area contributed by atoms with E-state index in [1.54, 1.807) is 10.6 Å². The predicted molar refractivity (Wildman–Crippen MR) is 184 cm³/mol. The highest BCUT2D eigenvalue weighted by Gasteiger charge is 2.37. The topological polar surface area (TPSA) is 122 Å². The Morgan fingerprint density at radius 2 is 1.88 bits per heavy atom. The van der Waals surface area contributed by atoms with Gasteiger partial charge in [0.15, 0.2) is 11.8 Å². The SMILES string of the molecule is Cc1nc2cc3nn2c(c1[C@H](OC(C)(C)C)C(=O)O)N1CCC(C)(CC1)OC/C=C\C[C@H](C)Oc1ccc(C#N)cc1-c1cccc-3c1. The zero-order valence-corrected chi connectivity index (χ0v) is 28.5. The monoisotopic (exact) mass is 649 g/mol. The summed E-state index contributed by atoms with van der Waals surface area (Å²) >= 11 is 0. The van der Waals surface area contributed by atoms with Crippen molar-refractivity contribution >= 4 is 17.4 Å². The minimum atomic E-state index is -1.25.